The minimum Gasteiger partial charge on any atom is -0.476 e. The first-order chi connectivity index (χ1) is 7.02. The quantitative estimate of drug-likeness (QED) is 0.655. The van der Waals surface area contributed by atoms with E-state index in [1.165, 1.54) is 7.05 Å². The van der Waals surface area contributed by atoms with Gasteiger partial charge in [-0.2, -0.15) is 4.53 Å². The van der Waals surface area contributed by atoms with Crippen molar-refractivity contribution in [2.24, 2.45) is 0 Å². The van der Waals surface area contributed by atoms with E-state index in [9.17, 15) is 9.59 Å². The number of halogens is 1. The summed E-state index contributed by atoms with van der Waals surface area (Å²) in [6.07, 6.45) is 1.10. The second-order valence-corrected chi connectivity index (χ2v) is 3.15. The van der Waals surface area contributed by atoms with E-state index in [1.54, 1.807) is 0 Å². The summed E-state index contributed by atoms with van der Waals surface area (Å²) in [6.45, 7) is 0. The number of rotatable bonds is 1. The molecule has 1 aromatic heterocycles. The highest BCUT2D eigenvalue weighted by molar-refractivity contribution is 6.26. The van der Waals surface area contributed by atoms with Crippen molar-refractivity contribution in [1.82, 2.24) is 20.1 Å². The third-order valence-corrected chi connectivity index (χ3v) is 2.10. The highest BCUT2D eigenvalue weighted by atomic mass is 35.5. The largest absolute Gasteiger partial charge is 0.476 e. The van der Waals surface area contributed by atoms with Crippen molar-refractivity contribution >= 4 is 29.6 Å². The van der Waals surface area contributed by atoms with Crippen molar-refractivity contribution in [3.63, 3.8) is 0 Å². The third-order valence-electron chi connectivity index (χ3n) is 1.86. The molecule has 0 radical (unpaired) electrons. The number of hydrogen-bond acceptors (Lipinski definition) is 5. The summed E-state index contributed by atoms with van der Waals surface area (Å²) in [4.78, 5) is 25.8. The van der Waals surface area contributed by atoms with E-state index in [1.807, 2.05) is 0 Å². The molecular formula is C6H6ClN5O3. The van der Waals surface area contributed by atoms with Gasteiger partial charge in [0.1, 0.15) is 6.33 Å². The van der Waals surface area contributed by atoms with Gasteiger partial charge in [-0.3, -0.25) is 0 Å². The van der Waals surface area contributed by atoms with Crippen LogP contribution < -0.4 is 10.1 Å². The summed E-state index contributed by atoms with van der Waals surface area (Å²) >= 11 is 5.70. The molecule has 0 saturated heterocycles. The molecule has 0 fully saturated rings. The molecule has 0 bridgehead atoms. The van der Waals surface area contributed by atoms with Crippen LogP contribution in [0.2, 0.25) is 0 Å². The number of amides is 1. The van der Waals surface area contributed by atoms with Gasteiger partial charge in [-0.05, 0) is 0 Å². The van der Waals surface area contributed by atoms with Crippen LogP contribution >= 0.6 is 11.8 Å². The predicted octanol–water partition coefficient (Wildman–Crippen LogP) is -0.125. The molecule has 0 atom stereocenters. The normalized spacial score (nSPS) is 15.5. The van der Waals surface area contributed by atoms with Crippen molar-refractivity contribution in [2.45, 2.75) is 0 Å². The van der Waals surface area contributed by atoms with E-state index in [0.717, 1.165) is 20.4 Å². The maximum Gasteiger partial charge on any atom is 0.358 e. The van der Waals surface area contributed by atoms with Crippen LogP contribution in [0.1, 0.15) is 10.5 Å². The lowest BCUT2D eigenvalue weighted by atomic mass is 10.4. The monoisotopic (exact) mass is 231 g/mol. The van der Waals surface area contributed by atoms with Gasteiger partial charge in [0.2, 0.25) is 0 Å². The summed E-state index contributed by atoms with van der Waals surface area (Å²) < 4.78 is 1.92. The molecule has 0 saturated carbocycles. The average Bonchev–Trinajstić information content (AvgIpc) is 2.58. The van der Waals surface area contributed by atoms with E-state index >= 15 is 0 Å². The van der Waals surface area contributed by atoms with Crippen LogP contribution in [0, 0.1) is 0 Å². The van der Waals surface area contributed by atoms with Crippen LogP contribution in [-0.4, -0.2) is 38.7 Å². The van der Waals surface area contributed by atoms with Gasteiger partial charge in [0, 0.05) is 18.8 Å². The summed E-state index contributed by atoms with van der Waals surface area (Å²) in [6, 6.07) is -0.470. The zero-order valence-electron chi connectivity index (χ0n) is 7.51. The number of aromatic carboxylic acids is 1. The molecule has 1 aliphatic rings. The Bertz CT molecular complexity index is 444. The number of carbonyl (C=O) groups excluding carboxylic acids is 1. The number of carboxylic acids is 1. The fourth-order valence-corrected chi connectivity index (χ4v) is 1.48. The lowest BCUT2D eigenvalue weighted by Crippen LogP contribution is -2.53. The third kappa shape index (κ3) is 1.30. The Hall–Kier alpha value is -1.80. The van der Waals surface area contributed by atoms with Crippen LogP contribution in [-0.2, 0) is 0 Å². The minimum atomic E-state index is -1.26. The Morgan fingerprint density at radius 2 is 2.33 bits per heavy atom. The second-order valence-electron chi connectivity index (χ2n) is 2.81. The molecule has 2 rings (SSSR count). The fraction of sp³-hybridized carbons (Fsp3) is 0.167. The molecule has 9 heteroatoms. The molecule has 0 spiro atoms. The Kier molecular flexibility index (Phi) is 2.02. The standard InChI is InChI=1S/C6H6ClN5O3/c1-10-6(15)11-2-8-3(5(13)14)4(11)12(7)9-10/h2,9H,1H3,(H,13,14). The number of hydrazine groups is 2. The highest BCUT2D eigenvalue weighted by Crippen LogP contribution is 2.23. The number of fused-ring (bicyclic) bond motifs is 1. The molecule has 1 amide bonds. The zero-order chi connectivity index (χ0) is 11.2. The maximum atomic E-state index is 11.5. The molecule has 15 heavy (non-hydrogen) atoms. The zero-order valence-corrected chi connectivity index (χ0v) is 8.26. The van der Waals surface area contributed by atoms with Crippen molar-refractivity contribution in [3.8, 4) is 0 Å². The number of aromatic nitrogens is 2. The lowest BCUT2D eigenvalue weighted by molar-refractivity contribution is 0.0691. The lowest BCUT2D eigenvalue weighted by Gasteiger charge is -2.30. The predicted molar refractivity (Wildman–Crippen MR) is 49.2 cm³/mol. The van der Waals surface area contributed by atoms with Gasteiger partial charge in [-0.25, -0.2) is 24.1 Å². The van der Waals surface area contributed by atoms with Crippen LogP contribution in [0.4, 0.5) is 10.6 Å². The van der Waals surface area contributed by atoms with Crippen LogP contribution in [0.5, 0.6) is 0 Å². The van der Waals surface area contributed by atoms with Gasteiger partial charge in [0.05, 0.1) is 0 Å². The Balaban J connectivity index is 2.58. The Morgan fingerprint density at radius 3 is 2.93 bits per heavy atom. The number of carbonyl (C=O) groups is 2. The molecule has 2 heterocycles. The number of carboxylic acid groups (broad SMARTS) is 1. The van der Waals surface area contributed by atoms with Crippen LogP contribution in [0.15, 0.2) is 6.33 Å². The number of nitrogens with one attached hydrogen (secondary N) is 1. The summed E-state index contributed by atoms with van der Waals surface area (Å²) in [5.41, 5.74) is 2.13. The molecule has 0 aromatic carbocycles. The first-order valence-corrected chi connectivity index (χ1v) is 4.17. The van der Waals surface area contributed by atoms with E-state index in [0.29, 0.717) is 0 Å². The molecule has 1 aromatic rings. The van der Waals surface area contributed by atoms with Crippen molar-refractivity contribution < 1.29 is 14.7 Å². The van der Waals surface area contributed by atoms with Gasteiger partial charge < -0.3 is 5.11 Å². The van der Waals surface area contributed by atoms with Crippen LogP contribution in [0.3, 0.4) is 0 Å². The molecule has 80 valence electrons. The first-order valence-electron chi connectivity index (χ1n) is 3.83. The fourth-order valence-electron chi connectivity index (χ4n) is 1.20. The molecular weight excluding hydrogens is 226 g/mol. The van der Waals surface area contributed by atoms with Crippen molar-refractivity contribution in [1.29, 1.82) is 0 Å². The van der Waals surface area contributed by atoms with Gasteiger partial charge in [0.25, 0.3) is 0 Å². The highest BCUT2D eigenvalue weighted by Gasteiger charge is 2.31. The topological polar surface area (TPSA) is 90.7 Å². The smallest absolute Gasteiger partial charge is 0.358 e. The Morgan fingerprint density at radius 1 is 1.67 bits per heavy atom. The van der Waals surface area contributed by atoms with Crippen molar-refractivity contribution in [2.75, 3.05) is 11.6 Å². The number of hydrogen-bond donors (Lipinski definition) is 2. The molecule has 2 N–H and O–H groups in total. The summed E-state index contributed by atoms with van der Waals surface area (Å²) in [5.74, 6) is -1.28. The van der Waals surface area contributed by atoms with Crippen LogP contribution in [0.25, 0.3) is 0 Å². The average molecular weight is 232 g/mol. The number of imidazole rings is 1. The molecule has 0 unspecified atom stereocenters. The summed E-state index contributed by atoms with van der Waals surface area (Å²) in [7, 11) is 1.45. The summed E-state index contributed by atoms with van der Waals surface area (Å²) in [5, 5.41) is 9.88. The van der Waals surface area contributed by atoms with Gasteiger partial charge in [-0.1, -0.05) is 0 Å². The van der Waals surface area contributed by atoms with Gasteiger partial charge >= 0.3 is 12.0 Å². The number of anilines is 1. The number of nitrogens with zero attached hydrogens (tertiary/aromatic N) is 4. The minimum absolute atomic E-state index is 0.0210. The maximum absolute atomic E-state index is 11.5. The van der Waals surface area contributed by atoms with Gasteiger partial charge in [-0.15, -0.1) is 5.53 Å². The van der Waals surface area contributed by atoms with E-state index in [2.05, 4.69) is 10.5 Å². The Labute approximate surface area is 88.7 Å². The van der Waals surface area contributed by atoms with E-state index < -0.39 is 12.0 Å². The molecule has 0 aliphatic carbocycles. The molecule has 8 nitrogen and oxygen atoms in total. The first kappa shape index (κ1) is 9.74. The van der Waals surface area contributed by atoms with Gasteiger partial charge in [0.15, 0.2) is 11.5 Å². The van der Waals surface area contributed by atoms with E-state index in [-0.39, 0.29) is 11.5 Å². The molecule has 1 aliphatic heterocycles. The van der Waals surface area contributed by atoms with E-state index in [4.69, 9.17) is 16.9 Å². The second kappa shape index (κ2) is 3.11. The van der Waals surface area contributed by atoms with Crippen molar-refractivity contribution in [3.05, 3.63) is 12.0 Å². The SMILES string of the molecule is CN1NN(Cl)c2c(C(=O)O)ncn2C1=O.